The summed E-state index contributed by atoms with van der Waals surface area (Å²) >= 11 is 0. The Morgan fingerprint density at radius 2 is 2.12 bits per heavy atom. The lowest BCUT2D eigenvalue weighted by atomic mass is 10.1. The average molecular weight is 218 g/mol. The van der Waals surface area contributed by atoms with Crippen LogP contribution in [0.5, 0.6) is 5.75 Å². The molecule has 1 N–H and O–H groups in total. The number of hydrogen-bond acceptors (Lipinski definition) is 3. The maximum atomic E-state index is 5.80. The van der Waals surface area contributed by atoms with Gasteiger partial charge >= 0.3 is 0 Å². The monoisotopic (exact) mass is 218 g/mol. The topological polar surface area (TPSA) is 24.5 Å². The van der Waals surface area contributed by atoms with Crippen molar-refractivity contribution in [1.82, 2.24) is 5.32 Å². The van der Waals surface area contributed by atoms with Crippen LogP contribution < -0.4 is 15.0 Å². The van der Waals surface area contributed by atoms with Crippen molar-refractivity contribution in [1.29, 1.82) is 0 Å². The molecule has 0 aromatic heterocycles. The summed E-state index contributed by atoms with van der Waals surface area (Å²) in [6.07, 6.45) is 1.39. The Morgan fingerprint density at radius 3 is 2.94 bits per heavy atom. The van der Waals surface area contributed by atoms with E-state index >= 15 is 0 Å². The summed E-state index contributed by atoms with van der Waals surface area (Å²) in [4.78, 5) is 2.42. The number of fused-ring (bicyclic) bond motifs is 1. The fourth-order valence-corrected chi connectivity index (χ4v) is 2.51. The number of nitrogens with one attached hydrogen (secondary N) is 1. The first-order valence-corrected chi connectivity index (χ1v) is 6.08. The Kier molecular flexibility index (Phi) is 2.48. The summed E-state index contributed by atoms with van der Waals surface area (Å²) in [6, 6.07) is 6.64. The molecular weight excluding hydrogens is 200 g/mol. The predicted octanol–water partition coefficient (Wildman–Crippen LogP) is 1.42. The molecule has 3 nitrogen and oxygen atoms in total. The largest absolute Gasteiger partial charge is 0.490 e. The van der Waals surface area contributed by atoms with E-state index in [1.807, 2.05) is 0 Å². The Labute approximate surface area is 96.4 Å². The van der Waals surface area contributed by atoms with Gasteiger partial charge in [0.2, 0.25) is 0 Å². The van der Waals surface area contributed by atoms with Crippen LogP contribution in [0.3, 0.4) is 0 Å². The van der Waals surface area contributed by atoms with Gasteiger partial charge in [0, 0.05) is 44.4 Å². The molecule has 86 valence electrons. The van der Waals surface area contributed by atoms with Crippen LogP contribution in [0.4, 0.5) is 5.69 Å². The first-order chi connectivity index (χ1) is 7.83. The first kappa shape index (κ1) is 9.97. The lowest BCUT2D eigenvalue weighted by Gasteiger charge is -2.29. The van der Waals surface area contributed by atoms with E-state index in [0.717, 1.165) is 38.3 Å². The van der Waals surface area contributed by atoms with Gasteiger partial charge in [-0.15, -0.1) is 0 Å². The predicted molar refractivity (Wildman–Crippen MR) is 65.3 cm³/mol. The van der Waals surface area contributed by atoms with Crippen molar-refractivity contribution in [3.63, 3.8) is 0 Å². The highest BCUT2D eigenvalue weighted by Gasteiger charge is 2.20. The summed E-state index contributed by atoms with van der Waals surface area (Å²) in [5.41, 5.74) is 2.65. The second-order valence-corrected chi connectivity index (χ2v) is 4.66. The van der Waals surface area contributed by atoms with Gasteiger partial charge in [0.15, 0.2) is 0 Å². The Hall–Kier alpha value is -1.22. The molecule has 1 saturated heterocycles. The zero-order chi connectivity index (χ0) is 11.0. The molecule has 0 aliphatic carbocycles. The SMILES string of the molecule is CC1Cc2ccc(N3CCNCC3)cc2O1. The second-order valence-electron chi connectivity index (χ2n) is 4.66. The number of rotatable bonds is 1. The van der Waals surface area contributed by atoms with Gasteiger partial charge in [-0.05, 0) is 18.6 Å². The highest BCUT2D eigenvalue weighted by molar-refractivity contribution is 5.55. The standard InChI is InChI=1S/C13H18N2O/c1-10-8-11-2-3-12(9-13(11)16-10)15-6-4-14-5-7-15/h2-3,9-10,14H,4-8H2,1H3. The molecule has 1 atom stereocenters. The van der Waals surface area contributed by atoms with Crippen molar-refractivity contribution in [3.05, 3.63) is 23.8 Å². The van der Waals surface area contributed by atoms with E-state index in [4.69, 9.17) is 4.74 Å². The van der Waals surface area contributed by atoms with E-state index in [9.17, 15) is 0 Å². The third-order valence-corrected chi connectivity index (χ3v) is 3.37. The van der Waals surface area contributed by atoms with E-state index in [-0.39, 0.29) is 0 Å². The zero-order valence-corrected chi connectivity index (χ0v) is 9.70. The van der Waals surface area contributed by atoms with Crippen LogP contribution in [0, 0.1) is 0 Å². The number of hydrogen-bond donors (Lipinski definition) is 1. The van der Waals surface area contributed by atoms with E-state index in [0.29, 0.717) is 6.10 Å². The molecule has 0 amide bonds. The van der Waals surface area contributed by atoms with Gasteiger partial charge in [0.25, 0.3) is 0 Å². The molecule has 1 aromatic rings. The van der Waals surface area contributed by atoms with Crippen molar-refractivity contribution in [2.75, 3.05) is 31.1 Å². The summed E-state index contributed by atoms with van der Waals surface area (Å²) in [5, 5.41) is 3.37. The normalized spacial score (nSPS) is 24.1. The lowest BCUT2D eigenvalue weighted by molar-refractivity contribution is 0.254. The zero-order valence-electron chi connectivity index (χ0n) is 9.70. The Bertz CT molecular complexity index is 386. The molecule has 3 heteroatoms. The van der Waals surface area contributed by atoms with Crippen molar-refractivity contribution >= 4 is 5.69 Å². The highest BCUT2D eigenvalue weighted by Crippen LogP contribution is 2.32. The van der Waals surface area contributed by atoms with Crippen LogP contribution >= 0.6 is 0 Å². The van der Waals surface area contributed by atoms with Crippen LogP contribution in [0.15, 0.2) is 18.2 Å². The minimum atomic E-state index is 0.341. The molecule has 1 aromatic carbocycles. The third-order valence-electron chi connectivity index (χ3n) is 3.37. The van der Waals surface area contributed by atoms with E-state index in [1.54, 1.807) is 0 Å². The van der Waals surface area contributed by atoms with Crippen LogP contribution in [0.1, 0.15) is 12.5 Å². The van der Waals surface area contributed by atoms with Gasteiger partial charge in [-0.1, -0.05) is 6.07 Å². The maximum Gasteiger partial charge on any atom is 0.125 e. The molecule has 2 aliphatic heterocycles. The Morgan fingerprint density at radius 1 is 1.31 bits per heavy atom. The molecule has 0 saturated carbocycles. The Balaban J connectivity index is 1.84. The summed E-state index contributed by atoms with van der Waals surface area (Å²) in [7, 11) is 0. The minimum absolute atomic E-state index is 0.341. The van der Waals surface area contributed by atoms with E-state index < -0.39 is 0 Å². The fraction of sp³-hybridized carbons (Fsp3) is 0.538. The van der Waals surface area contributed by atoms with Gasteiger partial charge in [-0.25, -0.2) is 0 Å². The van der Waals surface area contributed by atoms with Crippen molar-refractivity contribution in [2.45, 2.75) is 19.4 Å². The summed E-state index contributed by atoms with van der Waals surface area (Å²) in [6.45, 7) is 6.47. The van der Waals surface area contributed by atoms with Crippen LogP contribution in [-0.2, 0) is 6.42 Å². The number of ether oxygens (including phenoxy) is 1. The van der Waals surface area contributed by atoms with Crippen molar-refractivity contribution < 1.29 is 4.74 Å². The molecule has 3 rings (SSSR count). The lowest BCUT2D eigenvalue weighted by Crippen LogP contribution is -2.43. The van der Waals surface area contributed by atoms with Crippen molar-refractivity contribution in [3.8, 4) is 5.75 Å². The molecule has 0 bridgehead atoms. The third kappa shape index (κ3) is 1.76. The average Bonchev–Trinajstić information content (AvgIpc) is 2.69. The van der Waals surface area contributed by atoms with Gasteiger partial charge in [-0.2, -0.15) is 0 Å². The van der Waals surface area contributed by atoms with Crippen LogP contribution in [-0.4, -0.2) is 32.3 Å². The molecule has 2 aliphatic rings. The molecular formula is C13H18N2O. The van der Waals surface area contributed by atoms with Gasteiger partial charge in [-0.3, -0.25) is 0 Å². The molecule has 1 fully saturated rings. The fourth-order valence-electron chi connectivity index (χ4n) is 2.51. The maximum absolute atomic E-state index is 5.80. The van der Waals surface area contributed by atoms with Crippen LogP contribution in [0.25, 0.3) is 0 Å². The van der Waals surface area contributed by atoms with Gasteiger partial charge < -0.3 is 15.0 Å². The van der Waals surface area contributed by atoms with Gasteiger partial charge in [0.05, 0.1) is 0 Å². The quantitative estimate of drug-likeness (QED) is 0.771. The van der Waals surface area contributed by atoms with Crippen LogP contribution in [0.2, 0.25) is 0 Å². The first-order valence-electron chi connectivity index (χ1n) is 6.08. The van der Waals surface area contributed by atoms with E-state index in [2.05, 4.69) is 35.3 Å². The number of piperazine rings is 1. The molecule has 16 heavy (non-hydrogen) atoms. The summed E-state index contributed by atoms with van der Waals surface area (Å²) < 4.78 is 5.80. The van der Waals surface area contributed by atoms with Crippen molar-refractivity contribution in [2.24, 2.45) is 0 Å². The molecule has 2 heterocycles. The minimum Gasteiger partial charge on any atom is -0.490 e. The molecule has 1 unspecified atom stereocenters. The second kappa shape index (κ2) is 3.98. The smallest absolute Gasteiger partial charge is 0.125 e. The molecule has 0 spiro atoms. The summed E-state index contributed by atoms with van der Waals surface area (Å²) in [5.74, 6) is 1.09. The highest BCUT2D eigenvalue weighted by atomic mass is 16.5. The molecule has 0 radical (unpaired) electrons. The number of nitrogens with zero attached hydrogens (tertiary/aromatic N) is 1. The number of benzene rings is 1. The number of anilines is 1. The van der Waals surface area contributed by atoms with Gasteiger partial charge in [0.1, 0.15) is 11.9 Å². The van der Waals surface area contributed by atoms with E-state index in [1.165, 1.54) is 11.3 Å².